The quantitative estimate of drug-likeness (QED) is 0.145. The highest BCUT2D eigenvalue weighted by Gasteiger charge is 2.46. The van der Waals surface area contributed by atoms with Crippen LogP contribution in [-0.4, -0.2) is 14.8 Å². The van der Waals surface area contributed by atoms with Gasteiger partial charge in [0.05, 0.1) is 16.4 Å². The van der Waals surface area contributed by atoms with E-state index in [2.05, 4.69) is 257 Å². The maximum absolute atomic E-state index is 6.08. The summed E-state index contributed by atoms with van der Waals surface area (Å²) in [6.45, 7) is 0. The van der Waals surface area contributed by atoms with E-state index < -0.39 is 5.41 Å². The van der Waals surface area contributed by atoms with Gasteiger partial charge in [-0.1, -0.05) is 212 Å². The molecule has 0 N–H and O–H groups in total. The van der Waals surface area contributed by atoms with Crippen molar-refractivity contribution in [2.24, 2.45) is 0 Å². The second-order valence-corrected chi connectivity index (χ2v) is 18.9. The van der Waals surface area contributed by atoms with Crippen LogP contribution < -0.4 is 0 Å². The molecule has 0 aliphatic heterocycles. The Morgan fingerprint density at radius 1 is 0.288 bits per heavy atom. The van der Waals surface area contributed by atoms with Crippen LogP contribution in [0.3, 0.4) is 0 Å². The van der Waals surface area contributed by atoms with Gasteiger partial charge >= 0.3 is 0 Å². The van der Waals surface area contributed by atoms with E-state index in [0.29, 0.717) is 11.8 Å². The molecule has 0 saturated heterocycles. The predicted molar refractivity (Wildman–Crippen MR) is 299 cm³/mol. The molecule has 2 heterocycles. The number of fused-ring (bicyclic) bond motifs is 6. The maximum atomic E-state index is 6.08. The highest BCUT2D eigenvalue weighted by Crippen LogP contribution is 2.57. The fourth-order valence-corrected chi connectivity index (χ4v) is 11.6. The van der Waals surface area contributed by atoms with E-state index in [1.807, 2.05) is 30.3 Å². The Balaban J connectivity index is 0.814. The molecule has 4 nitrogen and oxygen atoms in total. The Morgan fingerprint density at radius 3 is 1.37 bits per heavy atom. The van der Waals surface area contributed by atoms with Gasteiger partial charge in [0.2, 0.25) is 11.8 Å². The van der Waals surface area contributed by atoms with Crippen LogP contribution in [0.5, 0.6) is 0 Å². The van der Waals surface area contributed by atoms with Crippen molar-refractivity contribution in [3.05, 3.63) is 295 Å². The summed E-state index contributed by atoms with van der Waals surface area (Å²) in [5.41, 5.74) is 21.8. The SMILES string of the molecule is c1ccc(-c2nnc(-c3ccc(-c4ccccc4-c4ccccc4-c4ccc(-n5c6ccccc6c6cc(-c7ccc8c(c7)C(c7ccccc7)(c7ccccc7)c7ccccc7-8)ccc65)cc4)cc3)o2)cc1. The molecule has 0 saturated carbocycles. The van der Waals surface area contributed by atoms with E-state index in [1.54, 1.807) is 0 Å². The summed E-state index contributed by atoms with van der Waals surface area (Å²) in [6, 6.07) is 98.7. The number of aromatic nitrogens is 3. The zero-order valence-corrected chi connectivity index (χ0v) is 39.7. The lowest BCUT2D eigenvalue weighted by molar-refractivity contribution is 0.584. The Labute approximate surface area is 423 Å². The van der Waals surface area contributed by atoms with Gasteiger partial charge in [-0.05, 0) is 139 Å². The van der Waals surface area contributed by atoms with Crippen molar-refractivity contribution in [1.29, 1.82) is 0 Å². The van der Waals surface area contributed by atoms with Crippen molar-refractivity contribution in [2.45, 2.75) is 5.41 Å². The summed E-state index contributed by atoms with van der Waals surface area (Å²) in [5.74, 6) is 1.00. The van der Waals surface area contributed by atoms with Crippen molar-refractivity contribution < 1.29 is 4.42 Å². The molecule has 0 bridgehead atoms. The van der Waals surface area contributed by atoms with Gasteiger partial charge in [-0.2, -0.15) is 0 Å². The molecule has 342 valence electrons. The van der Waals surface area contributed by atoms with Crippen LogP contribution in [0, 0.1) is 0 Å². The van der Waals surface area contributed by atoms with Crippen molar-refractivity contribution >= 4 is 21.8 Å². The first-order valence-corrected chi connectivity index (χ1v) is 24.9. The normalized spacial score (nSPS) is 12.5. The van der Waals surface area contributed by atoms with Gasteiger partial charge in [0, 0.05) is 27.6 Å². The van der Waals surface area contributed by atoms with Gasteiger partial charge in [-0.25, -0.2) is 0 Å². The molecule has 0 atom stereocenters. The maximum Gasteiger partial charge on any atom is 0.248 e. The van der Waals surface area contributed by atoms with Gasteiger partial charge in [0.25, 0.3) is 0 Å². The summed E-state index contributed by atoms with van der Waals surface area (Å²) >= 11 is 0. The third kappa shape index (κ3) is 6.91. The number of para-hydroxylation sites is 1. The third-order valence-electron chi connectivity index (χ3n) is 14.9. The monoisotopic (exact) mass is 931 g/mol. The lowest BCUT2D eigenvalue weighted by Gasteiger charge is -2.34. The summed E-state index contributed by atoms with van der Waals surface area (Å²) < 4.78 is 8.49. The molecule has 0 spiro atoms. The number of rotatable bonds is 9. The standard InChI is InChI=1S/C69H45N3O/c1-4-18-48(19-5-1)67-70-71-68(73-67)49-34-32-46(33-35-49)55-24-10-12-26-57(55)58-27-13-11-25-56(58)47-36-40-54(41-37-47)72-65-31-17-15-29-61(65)62-44-50(39-43-66(62)72)51-38-42-60-59-28-14-16-30-63(59)69(64(60)45-51,52-20-6-2-7-21-52)53-22-8-3-9-23-53/h1-45H. The van der Waals surface area contributed by atoms with Crippen molar-refractivity contribution in [1.82, 2.24) is 14.8 Å². The van der Waals surface area contributed by atoms with E-state index >= 15 is 0 Å². The van der Waals surface area contributed by atoms with E-state index in [9.17, 15) is 0 Å². The number of benzene rings is 11. The zero-order chi connectivity index (χ0) is 48.3. The minimum absolute atomic E-state index is 0.459. The van der Waals surface area contributed by atoms with Crippen molar-refractivity contribution in [3.8, 4) is 84.2 Å². The van der Waals surface area contributed by atoms with E-state index in [-0.39, 0.29) is 0 Å². The summed E-state index contributed by atoms with van der Waals surface area (Å²) in [4.78, 5) is 0. The Kier molecular flexibility index (Phi) is 10.0. The summed E-state index contributed by atoms with van der Waals surface area (Å²) in [6.07, 6.45) is 0. The largest absolute Gasteiger partial charge is 0.416 e. The topological polar surface area (TPSA) is 43.9 Å². The van der Waals surface area contributed by atoms with Crippen LogP contribution in [0.15, 0.2) is 277 Å². The van der Waals surface area contributed by atoms with Crippen LogP contribution in [0.2, 0.25) is 0 Å². The molecule has 1 aliphatic carbocycles. The van der Waals surface area contributed by atoms with Gasteiger partial charge in [-0.15, -0.1) is 10.2 Å². The molecule has 1 aliphatic rings. The Hall–Kier alpha value is -9.64. The second-order valence-electron chi connectivity index (χ2n) is 18.9. The second kappa shape index (κ2) is 17.3. The molecule has 2 aromatic heterocycles. The first-order valence-electron chi connectivity index (χ1n) is 24.9. The van der Waals surface area contributed by atoms with Crippen molar-refractivity contribution in [3.63, 3.8) is 0 Å². The first-order chi connectivity index (χ1) is 36.2. The lowest BCUT2D eigenvalue weighted by Crippen LogP contribution is -2.28. The van der Waals surface area contributed by atoms with E-state index in [0.717, 1.165) is 39.1 Å². The van der Waals surface area contributed by atoms with Gasteiger partial charge in [0.15, 0.2) is 0 Å². The smallest absolute Gasteiger partial charge is 0.248 e. The van der Waals surface area contributed by atoms with Gasteiger partial charge < -0.3 is 8.98 Å². The molecule has 11 aromatic carbocycles. The van der Waals surface area contributed by atoms with Gasteiger partial charge in [0.1, 0.15) is 0 Å². The fourth-order valence-electron chi connectivity index (χ4n) is 11.6. The predicted octanol–water partition coefficient (Wildman–Crippen LogP) is 17.5. The number of nitrogens with zero attached hydrogens (tertiary/aromatic N) is 3. The number of hydrogen-bond donors (Lipinski definition) is 0. The molecule has 0 amide bonds. The minimum atomic E-state index is -0.459. The molecule has 0 unspecified atom stereocenters. The molecule has 73 heavy (non-hydrogen) atoms. The summed E-state index contributed by atoms with van der Waals surface area (Å²) in [5, 5.41) is 11.1. The van der Waals surface area contributed by atoms with E-state index in [4.69, 9.17) is 4.42 Å². The van der Waals surface area contributed by atoms with Crippen LogP contribution in [-0.2, 0) is 5.41 Å². The average Bonchev–Trinajstić information content (AvgIpc) is 4.19. The minimum Gasteiger partial charge on any atom is -0.416 e. The van der Waals surface area contributed by atoms with Crippen LogP contribution in [0.4, 0.5) is 0 Å². The zero-order valence-electron chi connectivity index (χ0n) is 39.7. The molecule has 0 radical (unpaired) electrons. The number of hydrogen-bond acceptors (Lipinski definition) is 3. The fraction of sp³-hybridized carbons (Fsp3) is 0.0145. The molecule has 4 heteroatoms. The Morgan fingerprint density at radius 2 is 0.726 bits per heavy atom. The molecule has 0 fully saturated rings. The van der Waals surface area contributed by atoms with Crippen LogP contribution >= 0.6 is 0 Å². The first kappa shape index (κ1) is 42.3. The van der Waals surface area contributed by atoms with E-state index in [1.165, 1.54) is 77.4 Å². The van der Waals surface area contributed by atoms with Gasteiger partial charge in [-0.3, -0.25) is 0 Å². The molecule has 13 aromatic rings. The third-order valence-corrected chi connectivity index (χ3v) is 14.9. The highest BCUT2D eigenvalue weighted by molar-refractivity contribution is 6.10. The molecular weight excluding hydrogens is 887 g/mol. The highest BCUT2D eigenvalue weighted by atomic mass is 16.4. The van der Waals surface area contributed by atoms with Crippen LogP contribution in [0.25, 0.3) is 106 Å². The lowest BCUT2D eigenvalue weighted by atomic mass is 9.67. The van der Waals surface area contributed by atoms with Crippen LogP contribution in [0.1, 0.15) is 22.3 Å². The molecule has 14 rings (SSSR count). The van der Waals surface area contributed by atoms with Crippen molar-refractivity contribution in [2.75, 3.05) is 0 Å². The Bertz CT molecular complexity index is 4130. The summed E-state index contributed by atoms with van der Waals surface area (Å²) in [7, 11) is 0. The molecular formula is C69H45N3O. The average molecular weight is 932 g/mol.